The lowest BCUT2D eigenvalue weighted by Gasteiger charge is -2.13. The van der Waals surface area contributed by atoms with Gasteiger partial charge >= 0.3 is 0 Å². The fourth-order valence-corrected chi connectivity index (χ4v) is 2.56. The van der Waals surface area contributed by atoms with Gasteiger partial charge in [0.25, 0.3) is 5.69 Å². The van der Waals surface area contributed by atoms with Gasteiger partial charge in [-0.15, -0.1) is 0 Å². The maximum Gasteiger partial charge on any atom is 0.288 e. The van der Waals surface area contributed by atoms with E-state index >= 15 is 0 Å². The second-order valence-corrected chi connectivity index (χ2v) is 5.44. The normalized spacial score (nSPS) is 10.5. The summed E-state index contributed by atoms with van der Waals surface area (Å²) in [5.41, 5.74) is 4.55. The Morgan fingerprint density at radius 1 is 1.14 bits per heavy atom. The number of rotatable bonds is 4. The van der Waals surface area contributed by atoms with Crippen molar-refractivity contribution in [3.05, 3.63) is 67.7 Å². The van der Waals surface area contributed by atoms with Gasteiger partial charge in [-0.1, -0.05) is 29.3 Å². The van der Waals surface area contributed by atoms with Crippen molar-refractivity contribution in [1.29, 1.82) is 0 Å². The average molecular weight is 306 g/mol. The third kappa shape index (κ3) is 3.52. The Hall–Kier alpha value is -2.07. The molecule has 0 radical (unpaired) electrons. The molecular formula is C16H16ClNO3. The fraction of sp³-hybridized carbons (Fsp3) is 0.250. The molecule has 0 heterocycles. The first-order valence-corrected chi connectivity index (χ1v) is 6.89. The highest BCUT2D eigenvalue weighted by atomic mass is 35.5. The highest BCUT2D eigenvalue weighted by Crippen LogP contribution is 2.29. The first kappa shape index (κ1) is 15.3. The van der Waals surface area contributed by atoms with Crippen molar-refractivity contribution in [2.24, 2.45) is 0 Å². The number of nitro groups is 1. The Kier molecular flexibility index (Phi) is 4.48. The zero-order valence-corrected chi connectivity index (χ0v) is 12.9. The summed E-state index contributed by atoms with van der Waals surface area (Å²) in [5, 5.41) is 10.8. The van der Waals surface area contributed by atoms with Crippen molar-refractivity contribution >= 4 is 17.3 Å². The average Bonchev–Trinajstić information content (AvgIpc) is 2.36. The molecule has 0 unspecified atom stereocenters. The third-order valence-electron chi connectivity index (χ3n) is 3.34. The van der Waals surface area contributed by atoms with Crippen molar-refractivity contribution in [3.8, 4) is 5.75 Å². The zero-order valence-electron chi connectivity index (χ0n) is 12.1. The number of nitrogens with zero attached hydrogens (tertiary/aromatic N) is 1. The van der Waals surface area contributed by atoms with Crippen LogP contribution in [-0.2, 0) is 6.61 Å². The summed E-state index contributed by atoms with van der Waals surface area (Å²) < 4.78 is 5.70. The lowest BCUT2D eigenvalue weighted by molar-refractivity contribution is -0.384. The van der Waals surface area contributed by atoms with Gasteiger partial charge in [0.15, 0.2) is 0 Å². The minimum atomic E-state index is -0.514. The molecule has 2 aromatic rings. The van der Waals surface area contributed by atoms with Crippen molar-refractivity contribution in [2.45, 2.75) is 27.4 Å². The summed E-state index contributed by atoms with van der Waals surface area (Å²) in [7, 11) is 0. The van der Waals surface area contributed by atoms with Gasteiger partial charge in [0, 0.05) is 12.1 Å². The smallest absolute Gasteiger partial charge is 0.288 e. The van der Waals surface area contributed by atoms with Gasteiger partial charge in [0.05, 0.1) is 4.92 Å². The number of aryl methyl sites for hydroxylation is 3. The molecule has 0 saturated carbocycles. The summed E-state index contributed by atoms with van der Waals surface area (Å²) in [5.74, 6) is 0.518. The standard InChI is InChI=1S/C16H16ClNO3/c1-10-6-11(2)14(12(3)7-10)9-21-13-4-5-16(18(19)20)15(17)8-13/h4-8H,9H2,1-3H3. The summed E-state index contributed by atoms with van der Waals surface area (Å²) >= 11 is 5.87. The van der Waals surface area contributed by atoms with E-state index in [4.69, 9.17) is 16.3 Å². The first-order valence-electron chi connectivity index (χ1n) is 6.52. The lowest BCUT2D eigenvalue weighted by Crippen LogP contribution is -2.01. The predicted molar refractivity (Wildman–Crippen MR) is 83.1 cm³/mol. The van der Waals surface area contributed by atoms with Crippen LogP contribution in [0.15, 0.2) is 30.3 Å². The molecule has 0 aliphatic heterocycles. The molecule has 5 heteroatoms. The summed E-state index contributed by atoms with van der Waals surface area (Å²) in [6.45, 7) is 6.55. The van der Waals surface area contributed by atoms with Crippen LogP contribution in [0.5, 0.6) is 5.75 Å². The maximum absolute atomic E-state index is 10.7. The van der Waals surface area contributed by atoms with Crippen molar-refractivity contribution < 1.29 is 9.66 Å². The molecule has 0 spiro atoms. The minimum absolute atomic E-state index is 0.0786. The fourth-order valence-electron chi connectivity index (χ4n) is 2.32. The molecule has 0 atom stereocenters. The van der Waals surface area contributed by atoms with Gasteiger partial charge in [-0.2, -0.15) is 0 Å². The Labute approximate surface area is 128 Å². The van der Waals surface area contributed by atoms with E-state index in [1.54, 1.807) is 6.07 Å². The molecule has 0 amide bonds. The van der Waals surface area contributed by atoms with E-state index in [0.29, 0.717) is 12.4 Å². The second kappa shape index (κ2) is 6.14. The van der Waals surface area contributed by atoms with Crippen molar-refractivity contribution in [3.63, 3.8) is 0 Å². The van der Waals surface area contributed by atoms with Crippen LogP contribution in [0.3, 0.4) is 0 Å². The lowest BCUT2D eigenvalue weighted by atomic mass is 10.0. The number of benzene rings is 2. The Balaban J connectivity index is 2.17. The van der Waals surface area contributed by atoms with E-state index in [2.05, 4.69) is 19.1 Å². The van der Waals surface area contributed by atoms with Crippen LogP contribution in [-0.4, -0.2) is 4.92 Å². The number of ether oxygens (including phenoxy) is 1. The van der Waals surface area contributed by atoms with E-state index in [9.17, 15) is 10.1 Å². The van der Waals surface area contributed by atoms with Gasteiger partial charge < -0.3 is 4.74 Å². The van der Waals surface area contributed by atoms with Crippen LogP contribution < -0.4 is 4.74 Å². The Morgan fingerprint density at radius 2 is 1.76 bits per heavy atom. The predicted octanol–water partition coefficient (Wildman–Crippen LogP) is 4.75. The molecule has 0 N–H and O–H groups in total. The summed E-state index contributed by atoms with van der Waals surface area (Å²) in [6, 6.07) is 8.59. The third-order valence-corrected chi connectivity index (χ3v) is 3.64. The van der Waals surface area contributed by atoms with E-state index in [1.807, 2.05) is 13.8 Å². The zero-order chi connectivity index (χ0) is 15.6. The molecule has 110 valence electrons. The molecule has 21 heavy (non-hydrogen) atoms. The first-order chi connectivity index (χ1) is 9.88. The second-order valence-electron chi connectivity index (χ2n) is 5.04. The van der Waals surface area contributed by atoms with Crippen LogP contribution in [0.25, 0.3) is 0 Å². The largest absolute Gasteiger partial charge is 0.489 e. The highest BCUT2D eigenvalue weighted by Gasteiger charge is 2.13. The number of halogens is 1. The van der Waals surface area contributed by atoms with Crippen LogP contribution in [0.1, 0.15) is 22.3 Å². The quantitative estimate of drug-likeness (QED) is 0.605. The van der Waals surface area contributed by atoms with Crippen LogP contribution in [0, 0.1) is 30.9 Å². The van der Waals surface area contributed by atoms with E-state index in [0.717, 1.165) is 5.56 Å². The molecule has 0 bridgehead atoms. The van der Waals surface area contributed by atoms with E-state index < -0.39 is 4.92 Å². The molecule has 2 rings (SSSR count). The van der Waals surface area contributed by atoms with Gasteiger partial charge in [-0.3, -0.25) is 10.1 Å². The Bertz CT molecular complexity index is 675. The van der Waals surface area contributed by atoms with Crippen molar-refractivity contribution in [2.75, 3.05) is 0 Å². The molecular weight excluding hydrogens is 290 g/mol. The molecule has 0 fully saturated rings. The van der Waals surface area contributed by atoms with Gasteiger partial charge in [-0.05, 0) is 43.5 Å². The Morgan fingerprint density at radius 3 is 2.29 bits per heavy atom. The molecule has 0 saturated heterocycles. The minimum Gasteiger partial charge on any atom is -0.489 e. The van der Waals surface area contributed by atoms with Crippen LogP contribution >= 0.6 is 11.6 Å². The molecule has 0 aliphatic carbocycles. The van der Waals surface area contributed by atoms with E-state index in [-0.39, 0.29) is 10.7 Å². The van der Waals surface area contributed by atoms with E-state index in [1.165, 1.54) is 28.8 Å². The summed E-state index contributed by atoms with van der Waals surface area (Å²) in [4.78, 5) is 10.2. The number of nitro benzene ring substituents is 1. The van der Waals surface area contributed by atoms with Crippen LogP contribution in [0.2, 0.25) is 5.02 Å². The molecule has 4 nitrogen and oxygen atoms in total. The number of hydrogen-bond acceptors (Lipinski definition) is 3. The van der Waals surface area contributed by atoms with Gasteiger partial charge in [0.2, 0.25) is 0 Å². The SMILES string of the molecule is Cc1cc(C)c(COc2ccc([N+](=O)[O-])c(Cl)c2)c(C)c1. The van der Waals surface area contributed by atoms with Gasteiger partial charge in [-0.25, -0.2) is 0 Å². The molecule has 0 aliphatic rings. The topological polar surface area (TPSA) is 52.4 Å². The summed E-state index contributed by atoms with van der Waals surface area (Å²) in [6.07, 6.45) is 0. The maximum atomic E-state index is 10.7. The van der Waals surface area contributed by atoms with Crippen molar-refractivity contribution in [1.82, 2.24) is 0 Å². The van der Waals surface area contributed by atoms with Gasteiger partial charge in [0.1, 0.15) is 17.4 Å². The monoisotopic (exact) mass is 305 g/mol. The highest BCUT2D eigenvalue weighted by molar-refractivity contribution is 6.32. The number of hydrogen-bond donors (Lipinski definition) is 0. The van der Waals surface area contributed by atoms with Crippen LogP contribution in [0.4, 0.5) is 5.69 Å². The molecule has 0 aromatic heterocycles. The molecule has 2 aromatic carbocycles.